The first-order valence-electron chi connectivity index (χ1n) is 6.25. The van der Waals surface area contributed by atoms with Gasteiger partial charge in [-0.2, -0.15) is 4.98 Å². The first-order valence-corrected chi connectivity index (χ1v) is 6.25. The summed E-state index contributed by atoms with van der Waals surface area (Å²) in [5.74, 6) is 1.62. The molecule has 1 N–H and O–H groups in total. The van der Waals surface area contributed by atoms with Crippen molar-refractivity contribution < 1.29 is 14.3 Å². The topological polar surface area (TPSA) is 76.2 Å². The van der Waals surface area contributed by atoms with Crippen molar-refractivity contribution in [3.05, 3.63) is 23.7 Å². The maximum Gasteiger partial charge on any atom is 0.354 e. The van der Waals surface area contributed by atoms with Gasteiger partial charge in [0.25, 0.3) is 0 Å². The molecular weight excluding hydrogens is 232 g/mol. The predicted molar refractivity (Wildman–Crippen MR) is 62.3 cm³/mol. The van der Waals surface area contributed by atoms with Crippen molar-refractivity contribution in [2.24, 2.45) is 11.8 Å². The van der Waals surface area contributed by atoms with Crippen molar-refractivity contribution in [1.82, 2.24) is 9.97 Å². The zero-order valence-corrected chi connectivity index (χ0v) is 9.67. The van der Waals surface area contributed by atoms with E-state index in [0.717, 1.165) is 17.7 Å². The van der Waals surface area contributed by atoms with Crippen molar-refractivity contribution in [2.75, 3.05) is 0 Å². The molecule has 2 heterocycles. The van der Waals surface area contributed by atoms with Gasteiger partial charge in [0, 0.05) is 5.92 Å². The third kappa shape index (κ3) is 1.30. The number of fused-ring (bicyclic) bond motifs is 2. The van der Waals surface area contributed by atoms with Gasteiger partial charge < -0.3 is 9.52 Å². The number of aromatic carboxylic acids is 1. The second kappa shape index (κ2) is 3.31. The standard InChI is InChI=1S/C13H12N2O3/c16-13(17)8-4-5-9-11(14-8)15-12(18-9)10-6-2-1-3-7(6)10/h4-7,10H,1-3H2,(H,16,17). The number of hydrogen-bond acceptors (Lipinski definition) is 4. The van der Waals surface area contributed by atoms with Crippen LogP contribution in [0.5, 0.6) is 0 Å². The van der Waals surface area contributed by atoms with E-state index in [9.17, 15) is 4.79 Å². The number of carboxylic acid groups (broad SMARTS) is 1. The molecule has 2 fully saturated rings. The fourth-order valence-electron chi connectivity index (χ4n) is 3.28. The summed E-state index contributed by atoms with van der Waals surface area (Å²) in [4.78, 5) is 19.2. The molecule has 0 saturated heterocycles. The molecule has 2 aliphatic rings. The van der Waals surface area contributed by atoms with E-state index in [-0.39, 0.29) is 5.69 Å². The number of rotatable bonds is 2. The molecule has 0 amide bonds. The molecule has 2 aromatic rings. The van der Waals surface area contributed by atoms with Crippen LogP contribution in [0.1, 0.15) is 41.6 Å². The van der Waals surface area contributed by atoms with Crippen molar-refractivity contribution in [2.45, 2.75) is 25.2 Å². The Hall–Kier alpha value is -1.91. The molecule has 92 valence electrons. The Bertz CT molecular complexity index is 639. The van der Waals surface area contributed by atoms with Gasteiger partial charge in [0.15, 0.2) is 16.9 Å². The highest BCUT2D eigenvalue weighted by Crippen LogP contribution is 2.62. The number of hydrogen-bond donors (Lipinski definition) is 1. The van der Waals surface area contributed by atoms with Crippen molar-refractivity contribution in [3.63, 3.8) is 0 Å². The van der Waals surface area contributed by atoms with Gasteiger partial charge in [-0.15, -0.1) is 0 Å². The highest BCUT2D eigenvalue weighted by atomic mass is 16.4. The molecule has 0 aliphatic heterocycles. The van der Waals surface area contributed by atoms with Gasteiger partial charge in [0.05, 0.1) is 0 Å². The molecule has 0 radical (unpaired) electrons. The normalized spacial score (nSPS) is 29.4. The van der Waals surface area contributed by atoms with Crippen LogP contribution >= 0.6 is 0 Å². The van der Waals surface area contributed by atoms with Crippen LogP contribution in [-0.4, -0.2) is 21.0 Å². The molecule has 18 heavy (non-hydrogen) atoms. The minimum atomic E-state index is -1.04. The monoisotopic (exact) mass is 244 g/mol. The lowest BCUT2D eigenvalue weighted by molar-refractivity contribution is 0.0691. The first kappa shape index (κ1) is 10.1. The van der Waals surface area contributed by atoms with Crippen LogP contribution in [0.4, 0.5) is 0 Å². The summed E-state index contributed by atoms with van der Waals surface area (Å²) in [5.41, 5.74) is 1.01. The SMILES string of the molecule is O=C(O)c1ccc2oc(C3C4CCCC43)nc2n1. The Morgan fingerprint density at radius 2 is 2.06 bits per heavy atom. The van der Waals surface area contributed by atoms with E-state index in [1.807, 2.05) is 0 Å². The Kier molecular flexibility index (Phi) is 1.85. The van der Waals surface area contributed by atoms with Crippen LogP contribution in [-0.2, 0) is 0 Å². The lowest BCUT2D eigenvalue weighted by Crippen LogP contribution is -1.99. The summed E-state index contributed by atoms with van der Waals surface area (Å²) in [7, 11) is 0. The number of aromatic nitrogens is 2. The molecule has 0 bridgehead atoms. The van der Waals surface area contributed by atoms with Crippen molar-refractivity contribution in [1.29, 1.82) is 0 Å². The van der Waals surface area contributed by atoms with E-state index < -0.39 is 5.97 Å². The second-order valence-corrected chi connectivity index (χ2v) is 5.16. The number of nitrogens with zero attached hydrogens (tertiary/aromatic N) is 2. The van der Waals surface area contributed by atoms with Crippen LogP contribution in [0.3, 0.4) is 0 Å². The predicted octanol–water partition coefficient (Wildman–Crippen LogP) is 2.43. The summed E-state index contributed by atoms with van der Waals surface area (Å²) >= 11 is 0. The molecule has 2 aliphatic carbocycles. The van der Waals surface area contributed by atoms with Crippen LogP contribution in [0.15, 0.2) is 16.5 Å². The number of carboxylic acids is 1. The van der Waals surface area contributed by atoms with Gasteiger partial charge in [-0.3, -0.25) is 0 Å². The van der Waals surface area contributed by atoms with E-state index in [1.165, 1.54) is 25.3 Å². The average Bonchev–Trinajstić information content (AvgIpc) is 2.78. The summed E-state index contributed by atoms with van der Waals surface area (Å²) in [6, 6.07) is 3.09. The van der Waals surface area contributed by atoms with E-state index in [0.29, 0.717) is 17.1 Å². The van der Waals surface area contributed by atoms with Crippen LogP contribution in [0.2, 0.25) is 0 Å². The maximum absolute atomic E-state index is 10.8. The Morgan fingerprint density at radius 3 is 2.78 bits per heavy atom. The number of pyridine rings is 1. The lowest BCUT2D eigenvalue weighted by atomic mass is 10.1. The lowest BCUT2D eigenvalue weighted by Gasteiger charge is -1.95. The molecule has 2 saturated carbocycles. The zero-order valence-electron chi connectivity index (χ0n) is 9.67. The van der Waals surface area contributed by atoms with E-state index in [2.05, 4.69) is 9.97 Å². The highest BCUT2D eigenvalue weighted by molar-refractivity contribution is 5.87. The van der Waals surface area contributed by atoms with Gasteiger partial charge >= 0.3 is 5.97 Å². The molecule has 4 rings (SSSR count). The molecule has 2 aromatic heterocycles. The summed E-state index contributed by atoms with van der Waals surface area (Å²) in [5, 5.41) is 8.88. The fourth-order valence-corrected chi connectivity index (χ4v) is 3.28. The largest absolute Gasteiger partial charge is 0.477 e. The molecule has 0 aromatic carbocycles. The highest BCUT2D eigenvalue weighted by Gasteiger charge is 2.55. The Balaban J connectivity index is 1.73. The minimum Gasteiger partial charge on any atom is -0.477 e. The van der Waals surface area contributed by atoms with Crippen LogP contribution in [0, 0.1) is 11.8 Å². The fraction of sp³-hybridized carbons (Fsp3) is 0.462. The molecule has 5 nitrogen and oxygen atoms in total. The van der Waals surface area contributed by atoms with Crippen molar-refractivity contribution in [3.8, 4) is 0 Å². The summed E-state index contributed by atoms with van der Waals surface area (Å²) in [6.07, 6.45) is 3.84. The smallest absolute Gasteiger partial charge is 0.354 e. The first-order chi connectivity index (χ1) is 8.74. The van der Waals surface area contributed by atoms with E-state index >= 15 is 0 Å². The van der Waals surface area contributed by atoms with Gasteiger partial charge in [0.1, 0.15) is 0 Å². The molecule has 0 spiro atoms. The Labute approximate surface area is 103 Å². The van der Waals surface area contributed by atoms with E-state index in [4.69, 9.17) is 9.52 Å². The average molecular weight is 244 g/mol. The van der Waals surface area contributed by atoms with Gasteiger partial charge in [-0.05, 0) is 36.8 Å². The van der Waals surface area contributed by atoms with Crippen LogP contribution < -0.4 is 0 Å². The summed E-state index contributed by atoms with van der Waals surface area (Å²) < 4.78 is 5.70. The van der Waals surface area contributed by atoms with Gasteiger partial charge in [-0.25, -0.2) is 9.78 Å². The van der Waals surface area contributed by atoms with E-state index in [1.54, 1.807) is 6.07 Å². The maximum atomic E-state index is 10.8. The molecule has 2 atom stereocenters. The van der Waals surface area contributed by atoms with Crippen LogP contribution in [0.25, 0.3) is 11.2 Å². The molecule has 5 heteroatoms. The molecular formula is C13H12N2O3. The number of oxazole rings is 1. The minimum absolute atomic E-state index is 0.0124. The number of carbonyl (C=O) groups is 1. The zero-order chi connectivity index (χ0) is 12.3. The molecule has 2 unspecified atom stereocenters. The third-order valence-electron chi connectivity index (χ3n) is 4.18. The van der Waals surface area contributed by atoms with Crippen molar-refractivity contribution >= 4 is 17.2 Å². The van der Waals surface area contributed by atoms with Gasteiger partial charge in [0.2, 0.25) is 5.89 Å². The quantitative estimate of drug-likeness (QED) is 0.877. The van der Waals surface area contributed by atoms with Gasteiger partial charge in [-0.1, -0.05) is 6.42 Å². The third-order valence-corrected chi connectivity index (χ3v) is 4.18. The summed E-state index contributed by atoms with van der Waals surface area (Å²) in [6.45, 7) is 0. The second-order valence-electron chi connectivity index (χ2n) is 5.16. The Morgan fingerprint density at radius 1 is 1.28 bits per heavy atom.